The molecular weight excluding hydrogens is 430 g/mol. The van der Waals surface area contributed by atoms with Gasteiger partial charge >= 0.3 is 0 Å². The Morgan fingerprint density at radius 1 is 1.22 bits per heavy atom. The number of carbonyl (C=O) groups is 1. The number of nitrogens with one attached hydrogen (secondary N) is 1. The fourth-order valence-corrected chi connectivity index (χ4v) is 3.33. The van der Waals surface area contributed by atoms with E-state index < -0.39 is 0 Å². The van der Waals surface area contributed by atoms with Crippen LogP contribution in [0.3, 0.4) is 0 Å². The summed E-state index contributed by atoms with van der Waals surface area (Å²) >= 11 is 4.69. The molecule has 0 saturated heterocycles. The van der Waals surface area contributed by atoms with Crippen LogP contribution in [0.1, 0.15) is 12.5 Å². The predicted molar refractivity (Wildman–Crippen MR) is 108 cm³/mol. The van der Waals surface area contributed by atoms with E-state index in [2.05, 4.69) is 36.8 Å². The minimum Gasteiger partial charge on any atom is -0.497 e. The third-order valence-electron chi connectivity index (χ3n) is 3.75. The Balaban J connectivity index is 1.62. The number of methoxy groups -OCH3 is 1. The SMILES string of the molecule is COc1ccc(Cn2nnnc2SC(C)C(=O)Nc2ccc(Br)cc2)cc1. The van der Waals surface area contributed by atoms with Crippen molar-refractivity contribution in [1.82, 2.24) is 20.2 Å². The fourth-order valence-electron chi connectivity index (χ4n) is 2.27. The molecule has 0 bridgehead atoms. The number of halogens is 1. The number of ether oxygens (including phenoxy) is 1. The summed E-state index contributed by atoms with van der Waals surface area (Å²) in [6, 6.07) is 15.1. The van der Waals surface area contributed by atoms with Crippen LogP contribution in [0.2, 0.25) is 0 Å². The molecule has 3 aromatic rings. The molecule has 1 heterocycles. The molecule has 2 aromatic carbocycles. The molecule has 1 unspecified atom stereocenters. The fraction of sp³-hybridized carbons (Fsp3) is 0.222. The zero-order valence-corrected chi connectivity index (χ0v) is 17.2. The maximum Gasteiger partial charge on any atom is 0.237 e. The smallest absolute Gasteiger partial charge is 0.237 e. The molecule has 9 heteroatoms. The molecule has 7 nitrogen and oxygen atoms in total. The molecule has 0 aliphatic heterocycles. The molecule has 27 heavy (non-hydrogen) atoms. The Morgan fingerprint density at radius 3 is 2.59 bits per heavy atom. The minimum atomic E-state index is -0.353. The number of thioether (sulfide) groups is 1. The number of hydrogen-bond acceptors (Lipinski definition) is 6. The molecule has 0 aliphatic rings. The van der Waals surface area contributed by atoms with Crippen LogP contribution >= 0.6 is 27.7 Å². The van der Waals surface area contributed by atoms with Gasteiger partial charge in [-0.2, -0.15) is 0 Å². The third kappa shape index (κ3) is 5.30. The highest BCUT2D eigenvalue weighted by Gasteiger charge is 2.19. The van der Waals surface area contributed by atoms with Crippen molar-refractivity contribution in [2.75, 3.05) is 12.4 Å². The number of amides is 1. The average Bonchev–Trinajstić information content (AvgIpc) is 3.10. The van der Waals surface area contributed by atoms with Crippen LogP contribution in [-0.4, -0.2) is 38.5 Å². The van der Waals surface area contributed by atoms with Gasteiger partial charge in [0.25, 0.3) is 0 Å². The molecule has 0 aliphatic carbocycles. The van der Waals surface area contributed by atoms with Crippen LogP contribution in [0.4, 0.5) is 5.69 Å². The number of aromatic nitrogens is 4. The largest absolute Gasteiger partial charge is 0.497 e. The minimum absolute atomic E-state index is 0.110. The topological polar surface area (TPSA) is 81.9 Å². The molecule has 140 valence electrons. The molecule has 0 fully saturated rings. The van der Waals surface area contributed by atoms with Gasteiger partial charge in [-0.1, -0.05) is 39.8 Å². The van der Waals surface area contributed by atoms with Gasteiger partial charge in [0.1, 0.15) is 5.75 Å². The van der Waals surface area contributed by atoms with Gasteiger partial charge in [0.15, 0.2) is 0 Å². The Morgan fingerprint density at radius 2 is 1.93 bits per heavy atom. The van der Waals surface area contributed by atoms with Gasteiger partial charge in [-0.05, 0) is 59.3 Å². The summed E-state index contributed by atoms with van der Waals surface area (Å²) in [5.41, 5.74) is 1.78. The normalized spacial score (nSPS) is 11.8. The number of carbonyl (C=O) groups excluding carboxylic acids is 1. The second-order valence-corrected chi connectivity index (χ2v) is 7.95. The van der Waals surface area contributed by atoms with Gasteiger partial charge in [-0.15, -0.1) is 5.10 Å². The van der Waals surface area contributed by atoms with Gasteiger partial charge in [0.05, 0.1) is 18.9 Å². The van der Waals surface area contributed by atoms with E-state index in [-0.39, 0.29) is 11.2 Å². The highest BCUT2D eigenvalue weighted by Crippen LogP contribution is 2.23. The van der Waals surface area contributed by atoms with Crippen LogP contribution in [0, 0.1) is 0 Å². The average molecular weight is 448 g/mol. The van der Waals surface area contributed by atoms with E-state index in [1.165, 1.54) is 11.8 Å². The zero-order valence-electron chi connectivity index (χ0n) is 14.8. The van der Waals surface area contributed by atoms with E-state index in [0.717, 1.165) is 21.5 Å². The van der Waals surface area contributed by atoms with Crippen molar-refractivity contribution in [2.24, 2.45) is 0 Å². The predicted octanol–water partition coefficient (Wildman–Crippen LogP) is 3.61. The molecule has 1 amide bonds. The van der Waals surface area contributed by atoms with Crippen molar-refractivity contribution in [3.8, 4) is 5.75 Å². The monoisotopic (exact) mass is 447 g/mol. The molecule has 0 radical (unpaired) electrons. The lowest BCUT2D eigenvalue weighted by atomic mass is 10.2. The van der Waals surface area contributed by atoms with Crippen LogP contribution in [0.25, 0.3) is 0 Å². The number of nitrogens with zero attached hydrogens (tertiary/aromatic N) is 4. The Labute approximate surface area is 169 Å². The van der Waals surface area contributed by atoms with Crippen molar-refractivity contribution < 1.29 is 9.53 Å². The van der Waals surface area contributed by atoms with Crippen molar-refractivity contribution in [1.29, 1.82) is 0 Å². The van der Waals surface area contributed by atoms with Gasteiger partial charge in [-0.25, -0.2) is 4.68 Å². The first-order valence-corrected chi connectivity index (χ1v) is 9.84. The zero-order chi connectivity index (χ0) is 19.2. The summed E-state index contributed by atoms with van der Waals surface area (Å²) in [5.74, 6) is 0.685. The molecule has 3 rings (SSSR count). The van der Waals surface area contributed by atoms with Gasteiger partial charge < -0.3 is 10.1 Å². The number of benzene rings is 2. The van der Waals surface area contributed by atoms with E-state index in [0.29, 0.717) is 11.7 Å². The highest BCUT2D eigenvalue weighted by atomic mass is 79.9. The van der Waals surface area contributed by atoms with Crippen LogP contribution in [0.15, 0.2) is 58.2 Å². The Hall–Kier alpha value is -2.39. The van der Waals surface area contributed by atoms with Crippen molar-refractivity contribution in [2.45, 2.75) is 23.9 Å². The lowest BCUT2D eigenvalue weighted by Crippen LogP contribution is -2.23. The number of tetrazole rings is 1. The van der Waals surface area contributed by atoms with Gasteiger partial charge in [0.2, 0.25) is 11.1 Å². The van der Waals surface area contributed by atoms with Crippen LogP contribution < -0.4 is 10.1 Å². The molecule has 1 aromatic heterocycles. The molecular formula is C18H18BrN5O2S. The maximum atomic E-state index is 12.4. The van der Waals surface area contributed by atoms with E-state index in [1.807, 2.05) is 55.5 Å². The lowest BCUT2D eigenvalue weighted by molar-refractivity contribution is -0.115. The van der Waals surface area contributed by atoms with E-state index in [4.69, 9.17) is 4.74 Å². The first-order valence-electron chi connectivity index (χ1n) is 8.17. The summed E-state index contributed by atoms with van der Waals surface area (Å²) in [7, 11) is 1.63. The molecule has 1 atom stereocenters. The highest BCUT2D eigenvalue weighted by molar-refractivity contribution is 9.10. The second kappa shape index (κ2) is 9.01. The number of hydrogen-bond donors (Lipinski definition) is 1. The summed E-state index contributed by atoms with van der Waals surface area (Å²) < 4.78 is 7.80. The van der Waals surface area contributed by atoms with Crippen molar-refractivity contribution in [3.05, 3.63) is 58.6 Å². The van der Waals surface area contributed by atoms with E-state index in [9.17, 15) is 4.79 Å². The Bertz CT molecular complexity index is 899. The summed E-state index contributed by atoms with van der Waals surface area (Å²) in [6.07, 6.45) is 0. The first-order chi connectivity index (χ1) is 13.0. The summed E-state index contributed by atoms with van der Waals surface area (Å²) in [6.45, 7) is 2.34. The number of anilines is 1. The number of rotatable bonds is 7. The van der Waals surface area contributed by atoms with Gasteiger partial charge in [-0.3, -0.25) is 4.79 Å². The van der Waals surface area contributed by atoms with Crippen LogP contribution in [0.5, 0.6) is 5.75 Å². The van der Waals surface area contributed by atoms with E-state index in [1.54, 1.807) is 11.8 Å². The quantitative estimate of drug-likeness (QED) is 0.557. The van der Waals surface area contributed by atoms with Crippen molar-refractivity contribution in [3.63, 3.8) is 0 Å². The summed E-state index contributed by atoms with van der Waals surface area (Å²) in [4.78, 5) is 12.4. The standard InChI is InChI=1S/C18H18BrN5O2S/c1-12(17(25)20-15-7-5-14(19)6-8-15)27-18-21-22-23-24(18)11-13-3-9-16(26-2)10-4-13/h3-10,12H,11H2,1-2H3,(H,20,25). The summed E-state index contributed by atoms with van der Waals surface area (Å²) in [5, 5.41) is 14.9. The first kappa shape index (κ1) is 19.4. The molecule has 1 N–H and O–H groups in total. The molecule has 0 saturated carbocycles. The Kier molecular flexibility index (Phi) is 6.46. The third-order valence-corrected chi connectivity index (χ3v) is 5.35. The van der Waals surface area contributed by atoms with Gasteiger partial charge in [0, 0.05) is 10.2 Å². The van der Waals surface area contributed by atoms with E-state index >= 15 is 0 Å². The second-order valence-electron chi connectivity index (χ2n) is 5.72. The lowest BCUT2D eigenvalue weighted by Gasteiger charge is -2.12. The van der Waals surface area contributed by atoms with Crippen LogP contribution in [-0.2, 0) is 11.3 Å². The molecule has 0 spiro atoms. The maximum absolute atomic E-state index is 12.4. The van der Waals surface area contributed by atoms with Crippen molar-refractivity contribution >= 4 is 39.3 Å².